The van der Waals surface area contributed by atoms with Crippen LogP contribution in [0.15, 0.2) is 36.5 Å². The molecule has 6 nitrogen and oxygen atoms in total. The van der Waals surface area contributed by atoms with Gasteiger partial charge >= 0.3 is 0 Å². The van der Waals surface area contributed by atoms with Crippen molar-refractivity contribution in [2.45, 2.75) is 26.4 Å². The van der Waals surface area contributed by atoms with Gasteiger partial charge in [-0.2, -0.15) is 5.10 Å². The van der Waals surface area contributed by atoms with E-state index in [1.165, 1.54) is 23.0 Å². The molecule has 3 N–H and O–H groups in total. The Morgan fingerprint density at radius 2 is 2.00 bits per heavy atom. The lowest BCUT2D eigenvalue weighted by molar-refractivity contribution is 0.0996. The summed E-state index contributed by atoms with van der Waals surface area (Å²) in [5, 5.41) is 13.8. The summed E-state index contributed by atoms with van der Waals surface area (Å²) in [6.07, 6.45) is -1.11. The normalized spacial score (nSPS) is 11.2. The zero-order chi connectivity index (χ0) is 20.4. The van der Waals surface area contributed by atoms with Crippen molar-refractivity contribution in [2.75, 3.05) is 0 Å². The maximum absolute atomic E-state index is 13.6. The molecule has 9 heteroatoms. The fourth-order valence-corrected chi connectivity index (χ4v) is 3.06. The molecule has 28 heavy (non-hydrogen) atoms. The van der Waals surface area contributed by atoms with E-state index in [0.717, 1.165) is 6.07 Å². The minimum Gasteiger partial charge on any atom is -0.390 e. The molecule has 0 unspecified atom stereocenters. The SMILES string of the molecule is Cc1nn(-c2cc(Cc3cc(F)cc(C(F)F)c3)ccn2)c(CO)c1C(N)=O. The second kappa shape index (κ2) is 7.81. The molecule has 0 bridgehead atoms. The Kier molecular flexibility index (Phi) is 5.46. The number of aliphatic hydroxyl groups is 1. The van der Waals surface area contributed by atoms with Gasteiger partial charge in [0.2, 0.25) is 0 Å². The molecule has 0 aliphatic heterocycles. The van der Waals surface area contributed by atoms with Crippen molar-refractivity contribution >= 4 is 5.91 Å². The predicted octanol–water partition coefficient (Wildman–Crippen LogP) is 2.83. The summed E-state index contributed by atoms with van der Waals surface area (Å²) in [5.41, 5.74) is 6.65. The maximum atomic E-state index is 13.6. The van der Waals surface area contributed by atoms with Gasteiger partial charge < -0.3 is 10.8 Å². The molecule has 0 saturated carbocycles. The van der Waals surface area contributed by atoms with Crippen LogP contribution >= 0.6 is 0 Å². The number of aromatic nitrogens is 3. The molecule has 0 aliphatic carbocycles. The van der Waals surface area contributed by atoms with E-state index >= 15 is 0 Å². The Bertz CT molecular complexity index is 1030. The smallest absolute Gasteiger partial charge is 0.263 e. The average molecular weight is 390 g/mol. The number of nitrogens with zero attached hydrogens (tertiary/aromatic N) is 3. The van der Waals surface area contributed by atoms with Crippen LogP contribution in [0.1, 0.15) is 44.9 Å². The number of primary amides is 1. The van der Waals surface area contributed by atoms with Gasteiger partial charge in [0, 0.05) is 11.8 Å². The fraction of sp³-hybridized carbons (Fsp3) is 0.211. The summed E-state index contributed by atoms with van der Waals surface area (Å²) in [6, 6.07) is 6.51. The summed E-state index contributed by atoms with van der Waals surface area (Å²) in [6.45, 7) is 1.10. The van der Waals surface area contributed by atoms with Crippen LogP contribution in [-0.4, -0.2) is 25.8 Å². The number of rotatable bonds is 6. The zero-order valence-corrected chi connectivity index (χ0v) is 14.9. The van der Waals surface area contributed by atoms with Gasteiger partial charge in [-0.3, -0.25) is 4.79 Å². The van der Waals surface area contributed by atoms with Crippen LogP contribution in [-0.2, 0) is 13.0 Å². The van der Waals surface area contributed by atoms with E-state index in [4.69, 9.17) is 5.73 Å². The van der Waals surface area contributed by atoms with E-state index in [-0.39, 0.29) is 23.2 Å². The molecular weight excluding hydrogens is 373 g/mol. The number of hydrogen-bond acceptors (Lipinski definition) is 4. The molecule has 2 aromatic heterocycles. The predicted molar refractivity (Wildman–Crippen MR) is 94.7 cm³/mol. The van der Waals surface area contributed by atoms with Crippen molar-refractivity contribution < 1.29 is 23.1 Å². The van der Waals surface area contributed by atoms with Crippen LogP contribution < -0.4 is 5.73 Å². The van der Waals surface area contributed by atoms with E-state index in [2.05, 4.69) is 10.1 Å². The quantitative estimate of drug-likeness (QED) is 0.677. The highest BCUT2D eigenvalue weighted by Gasteiger charge is 2.20. The fourth-order valence-electron chi connectivity index (χ4n) is 3.06. The Morgan fingerprint density at radius 1 is 1.25 bits per heavy atom. The number of carbonyl (C=O) groups excluding carboxylic acids is 1. The van der Waals surface area contributed by atoms with E-state index < -0.39 is 24.8 Å². The molecule has 0 atom stereocenters. The summed E-state index contributed by atoms with van der Waals surface area (Å²) in [5.74, 6) is -1.15. The Hall–Kier alpha value is -3.20. The number of hydrogen-bond donors (Lipinski definition) is 2. The summed E-state index contributed by atoms with van der Waals surface area (Å²) < 4.78 is 40.7. The number of aryl methyl sites for hydroxylation is 1. The minimum absolute atomic E-state index is 0.112. The van der Waals surface area contributed by atoms with Gasteiger partial charge in [0.05, 0.1) is 23.6 Å². The van der Waals surface area contributed by atoms with Crippen LogP contribution in [0.25, 0.3) is 5.82 Å². The Labute approximate surface area is 158 Å². The van der Waals surface area contributed by atoms with Crippen LogP contribution in [0.2, 0.25) is 0 Å². The number of aliphatic hydroxyl groups excluding tert-OH is 1. The Morgan fingerprint density at radius 3 is 2.64 bits per heavy atom. The third kappa shape index (κ3) is 3.89. The van der Waals surface area contributed by atoms with E-state index in [1.807, 2.05) is 0 Å². The first kappa shape index (κ1) is 19.6. The molecule has 0 saturated heterocycles. The molecule has 3 rings (SSSR count). The first-order chi connectivity index (χ1) is 13.3. The number of pyridine rings is 1. The van der Waals surface area contributed by atoms with Crippen molar-refractivity contribution in [1.29, 1.82) is 0 Å². The highest BCUT2D eigenvalue weighted by Crippen LogP contribution is 2.23. The number of benzene rings is 1. The third-order valence-corrected chi connectivity index (χ3v) is 4.22. The van der Waals surface area contributed by atoms with E-state index in [0.29, 0.717) is 22.6 Å². The molecule has 1 amide bonds. The molecule has 0 spiro atoms. The second-order valence-corrected chi connectivity index (χ2v) is 6.23. The third-order valence-electron chi connectivity index (χ3n) is 4.22. The molecule has 3 aromatic rings. The monoisotopic (exact) mass is 390 g/mol. The average Bonchev–Trinajstić information content (AvgIpc) is 2.98. The first-order valence-electron chi connectivity index (χ1n) is 8.32. The van der Waals surface area contributed by atoms with Gasteiger partial charge in [-0.25, -0.2) is 22.8 Å². The standard InChI is InChI=1S/C19H17F3N4O2/c1-10-17(19(23)28)15(9-27)26(25-10)16-7-11(2-3-24-16)4-12-5-13(18(21)22)8-14(20)6-12/h2-3,5-8,18,27H,4,9H2,1H3,(H2,23,28). The molecule has 1 aromatic carbocycles. The molecule has 146 valence electrons. The lowest BCUT2D eigenvalue weighted by Crippen LogP contribution is -2.15. The largest absolute Gasteiger partial charge is 0.390 e. The van der Waals surface area contributed by atoms with Crippen LogP contribution in [0, 0.1) is 12.7 Å². The zero-order valence-electron chi connectivity index (χ0n) is 14.9. The number of nitrogens with two attached hydrogens (primary N) is 1. The first-order valence-corrected chi connectivity index (χ1v) is 8.32. The molecule has 0 radical (unpaired) electrons. The van der Waals surface area contributed by atoms with Crippen LogP contribution in [0.3, 0.4) is 0 Å². The topological polar surface area (TPSA) is 94.0 Å². The van der Waals surface area contributed by atoms with Crippen molar-refractivity contribution in [1.82, 2.24) is 14.8 Å². The van der Waals surface area contributed by atoms with Gasteiger partial charge in [-0.1, -0.05) is 0 Å². The molecule has 0 aliphatic rings. The van der Waals surface area contributed by atoms with E-state index in [9.17, 15) is 23.1 Å². The number of amides is 1. The van der Waals surface area contributed by atoms with Crippen LogP contribution in [0.4, 0.5) is 13.2 Å². The summed E-state index contributed by atoms with van der Waals surface area (Å²) in [4.78, 5) is 15.8. The number of alkyl halides is 2. The van der Waals surface area contributed by atoms with E-state index in [1.54, 1.807) is 19.1 Å². The second-order valence-electron chi connectivity index (χ2n) is 6.23. The van der Waals surface area contributed by atoms with Crippen LogP contribution in [0.5, 0.6) is 0 Å². The van der Waals surface area contributed by atoms with Crippen molar-refractivity contribution in [3.63, 3.8) is 0 Å². The van der Waals surface area contributed by atoms with Crippen molar-refractivity contribution in [3.05, 3.63) is 76.0 Å². The van der Waals surface area contributed by atoms with Gasteiger partial charge in [0.15, 0.2) is 5.82 Å². The van der Waals surface area contributed by atoms with Gasteiger partial charge in [0.1, 0.15) is 5.82 Å². The van der Waals surface area contributed by atoms with Crippen molar-refractivity contribution in [2.24, 2.45) is 5.73 Å². The molecular formula is C19H17F3N4O2. The highest BCUT2D eigenvalue weighted by molar-refractivity contribution is 5.95. The summed E-state index contributed by atoms with van der Waals surface area (Å²) >= 11 is 0. The number of carbonyl (C=O) groups is 1. The Balaban J connectivity index is 1.98. The minimum atomic E-state index is -2.77. The maximum Gasteiger partial charge on any atom is 0.263 e. The van der Waals surface area contributed by atoms with Gasteiger partial charge in [0.25, 0.3) is 12.3 Å². The summed E-state index contributed by atoms with van der Waals surface area (Å²) in [7, 11) is 0. The lowest BCUT2D eigenvalue weighted by atomic mass is 10.0. The molecule has 0 fully saturated rings. The van der Waals surface area contributed by atoms with Gasteiger partial charge in [-0.15, -0.1) is 0 Å². The van der Waals surface area contributed by atoms with Gasteiger partial charge in [-0.05, 0) is 54.8 Å². The lowest BCUT2D eigenvalue weighted by Gasteiger charge is -2.09. The van der Waals surface area contributed by atoms with Crippen molar-refractivity contribution in [3.8, 4) is 5.82 Å². The highest BCUT2D eigenvalue weighted by atomic mass is 19.3. The number of halogens is 3. The molecule has 2 heterocycles.